The van der Waals surface area contributed by atoms with Crippen molar-refractivity contribution in [1.29, 1.82) is 0 Å². The van der Waals surface area contributed by atoms with Crippen LogP contribution in [0.4, 0.5) is 9.18 Å². The van der Waals surface area contributed by atoms with Gasteiger partial charge in [0.25, 0.3) is 0 Å². The van der Waals surface area contributed by atoms with Gasteiger partial charge in [0.2, 0.25) is 5.78 Å². The van der Waals surface area contributed by atoms with Crippen molar-refractivity contribution in [3.05, 3.63) is 58.0 Å². The van der Waals surface area contributed by atoms with Gasteiger partial charge < -0.3 is 14.0 Å². The Labute approximate surface area is 167 Å². The number of Topliss-reactive ketones (excluding diaryl/α,β-unsaturated/α-hetero) is 1. The molecule has 3 aliphatic heterocycles. The first kappa shape index (κ1) is 19.1. The van der Waals surface area contributed by atoms with Crippen LogP contribution in [-0.4, -0.2) is 48.7 Å². The number of carbonyl (C=O) groups excluding carboxylic acids is 2. The summed E-state index contributed by atoms with van der Waals surface area (Å²) >= 11 is 1.47. The lowest BCUT2D eigenvalue weighted by Gasteiger charge is -2.51. The first-order valence-electron chi connectivity index (χ1n) is 9.53. The zero-order valence-electron chi connectivity index (χ0n) is 15.5. The SMILES string of the molecule is O=C(OCc1ccc(F)cc1)OC1C[N+]2(CC(=O)c3cccs3)CCC1CC2. The quantitative estimate of drug-likeness (QED) is 0.414. The summed E-state index contributed by atoms with van der Waals surface area (Å²) in [6.45, 7) is 3.07. The zero-order chi connectivity index (χ0) is 19.6. The van der Waals surface area contributed by atoms with Gasteiger partial charge in [0.15, 0.2) is 6.10 Å². The third-order valence-electron chi connectivity index (χ3n) is 5.83. The molecular weight excluding hydrogens is 381 g/mol. The van der Waals surface area contributed by atoms with Crippen molar-refractivity contribution in [3.8, 4) is 0 Å². The molecule has 1 aromatic heterocycles. The molecule has 5 rings (SSSR count). The molecule has 28 heavy (non-hydrogen) atoms. The van der Waals surface area contributed by atoms with Crippen LogP contribution in [0.25, 0.3) is 0 Å². The van der Waals surface area contributed by atoms with E-state index in [1.807, 2.05) is 17.5 Å². The normalized spacial score (nSPS) is 26.0. The van der Waals surface area contributed by atoms with Crippen molar-refractivity contribution in [3.63, 3.8) is 0 Å². The topological polar surface area (TPSA) is 52.6 Å². The minimum Gasteiger partial charge on any atom is -0.429 e. The Morgan fingerprint density at radius 1 is 1.14 bits per heavy atom. The van der Waals surface area contributed by atoms with E-state index < -0.39 is 6.16 Å². The van der Waals surface area contributed by atoms with Crippen molar-refractivity contribution in [2.45, 2.75) is 25.6 Å². The van der Waals surface area contributed by atoms with Crippen LogP contribution in [-0.2, 0) is 16.1 Å². The molecular formula is C21H23FNO4S+. The maximum atomic E-state index is 12.9. The lowest BCUT2D eigenvalue weighted by Crippen LogP contribution is -2.65. The van der Waals surface area contributed by atoms with Gasteiger partial charge >= 0.3 is 6.16 Å². The predicted octanol–water partition coefficient (Wildman–Crippen LogP) is 4.03. The second-order valence-electron chi connectivity index (χ2n) is 7.69. The van der Waals surface area contributed by atoms with Crippen LogP contribution in [0.1, 0.15) is 28.1 Å². The van der Waals surface area contributed by atoms with Gasteiger partial charge in [0.1, 0.15) is 25.5 Å². The van der Waals surface area contributed by atoms with Gasteiger partial charge in [-0.1, -0.05) is 18.2 Å². The fourth-order valence-electron chi connectivity index (χ4n) is 4.28. The van der Waals surface area contributed by atoms with Gasteiger partial charge in [-0.25, -0.2) is 9.18 Å². The second kappa shape index (κ2) is 8.01. The summed E-state index contributed by atoms with van der Waals surface area (Å²) in [6.07, 6.45) is 0.978. The highest BCUT2D eigenvalue weighted by molar-refractivity contribution is 7.12. The number of halogens is 1. The molecule has 4 heterocycles. The van der Waals surface area contributed by atoms with Crippen molar-refractivity contribution < 1.29 is 27.9 Å². The first-order chi connectivity index (χ1) is 13.5. The molecule has 1 atom stereocenters. The zero-order valence-corrected chi connectivity index (χ0v) is 16.3. The van der Waals surface area contributed by atoms with E-state index in [1.165, 1.54) is 23.5 Å². The first-order valence-corrected chi connectivity index (χ1v) is 10.4. The molecule has 3 saturated heterocycles. The van der Waals surface area contributed by atoms with Crippen LogP contribution >= 0.6 is 11.3 Å². The molecule has 2 bridgehead atoms. The molecule has 0 saturated carbocycles. The molecule has 1 unspecified atom stereocenters. The summed E-state index contributed by atoms with van der Waals surface area (Å²) in [5, 5.41) is 1.92. The molecule has 148 valence electrons. The molecule has 0 N–H and O–H groups in total. The summed E-state index contributed by atoms with van der Waals surface area (Å²) in [7, 11) is 0. The van der Waals surface area contributed by atoms with E-state index in [1.54, 1.807) is 12.1 Å². The van der Waals surface area contributed by atoms with Crippen molar-refractivity contribution in [2.75, 3.05) is 26.2 Å². The van der Waals surface area contributed by atoms with Crippen LogP contribution in [0.15, 0.2) is 41.8 Å². The van der Waals surface area contributed by atoms with Crippen LogP contribution in [0.3, 0.4) is 0 Å². The molecule has 7 heteroatoms. The summed E-state index contributed by atoms with van der Waals surface area (Å²) in [5.41, 5.74) is 0.706. The van der Waals surface area contributed by atoms with E-state index in [2.05, 4.69) is 0 Å². The van der Waals surface area contributed by atoms with Crippen LogP contribution in [0, 0.1) is 11.7 Å². The molecule has 0 radical (unpaired) electrons. The molecule has 1 aromatic carbocycles. The minimum absolute atomic E-state index is 0.0490. The third kappa shape index (κ3) is 4.25. The standard InChI is InChI=1S/C21H23FNO4S/c22-17-5-3-15(4-6-17)14-26-21(25)27-19-13-23(9-7-16(19)8-10-23)12-18(24)20-2-1-11-28-20/h1-6,11,16,19H,7-10,12-14H2/q+1. The van der Waals surface area contributed by atoms with E-state index in [-0.39, 0.29) is 24.3 Å². The van der Waals surface area contributed by atoms with Gasteiger partial charge in [-0.3, -0.25) is 4.79 Å². The Morgan fingerprint density at radius 3 is 2.57 bits per heavy atom. The molecule has 0 spiro atoms. The summed E-state index contributed by atoms with van der Waals surface area (Å²) < 4.78 is 24.4. The molecule has 2 aromatic rings. The van der Waals surface area contributed by atoms with Gasteiger partial charge in [-0.05, 0) is 29.1 Å². The predicted molar refractivity (Wildman–Crippen MR) is 103 cm³/mol. The summed E-state index contributed by atoms with van der Waals surface area (Å²) in [6, 6.07) is 9.57. The molecule has 0 amide bonds. The third-order valence-corrected chi connectivity index (χ3v) is 6.74. The number of benzene rings is 1. The molecule has 3 aliphatic rings. The number of nitrogens with zero attached hydrogens (tertiary/aromatic N) is 1. The maximum absolute atomic E-state index is 12.9. The number of hydrogen-bond donors (Lipinski definition) is 0. The number of rotatable bonds is 6. The molecule has 3 fully saturated rings. The van der Waals surface area contributed by atoms with Crippen LogP contribution in [0.2, 0.25) is 0 Å². The van der Waals surface area contributed by atoms with Gasteiger partial charge in [0.05, 0.1) is 18.0 Å². The van der Waals surface area contributed by atoms with Gasteiger partial charge in [-0.15, -0.1) is 11.3 Å². The number of ether oxygens (including phenoxy) is 2. The van der Waals surface area contributed by atoms with Crippen molar-refractivity contribution in [2.24, 2.45) is 5.92 Å². The lowest BCUT2D eigenvalue weighted by atomic mass is 9.83. The lowest BCUT2D eigenvalue weighted by molar-refractivity contribution is -0.938. The summed E-state index contributed by atoms with van der Waals surface area (Å²) in [5.74, 6) is 0.160. The number of quaternary nitrogens is 1. The van der Waals surface area contributed by atoms with E-state index >= 15 is 0 Å². The number of ketones is 1. The van der Waals surface area contributed by atoms with Crippen molar-refractivity contribution in [1.82, 2.24) is 0 Å². The maximum Gasteiger partial charge on any atom is 0.509 e. The fraction of sp³-hybridized carbons (Fsp3) is 0.429. The highest BCUT2D eigenvalue weighted by Gasteiger charge is 2.48. The molecule has 0 aliphatic carbocycles. The van der Waals surface area contributed by atoms with Crippen LogP contribution in [0.5, 0.6) is 0 Å². The summed E-state index contributed by atoms with van der Waals surface area (Å²) in [4.78, 5) is 25.5. The Kier molecular flexibility index (Phi) is 5.46. The Morgan fingerprint density at radius 2 is 1.89 bits per heavy atom. The van der Waals surface area contributed by atoms with Gasteiger partial charge in [0, 0.05) is 18.8 Å². The smallest absolute Gasteiger partial charge is 0.429 e. The number of thiophene rings is 1. The average molecular weight is 404 g/mol. The Balaban J connectivity index is 1.33. The van der Waals surface area contributed by atoms with Gasteiger partial charge in [-0.2, -0.15) is 0 Å². The number of fused-ring (bicyclic) bond motifs is 3. The van der Waals surface area contributed by atoms with E-state index in [0.29, 0.717) is 29.1 Å². The highest BCUT2D eigenvalue weighted by Crippen LogP contribution is 2.36. The average Bonchev–Trinajstić information content (AvgIpc) is 3.23. The number of hydrogen-bond acceptors (Lipinski definition) is 5. The number of carbonyl (C=O) groups is 2. The second-order valence-corrected chi connectivity index (χ2v) is 8.64. The monoisotopic (exact) mass is 404 g/mol. The Hall–Kier alpha value is -2.25. The molecule has 5 nitrogen and oxygen atoms in total. The largest absolute Gasteiger partial charge is 0.509 e. The number of piperidine rings is 3. The fourth-order valence-corrected chi connectivity index (χ4v) is 4.93. The van der Waals surface area contributed by atoms with Crippen LogP contribution < -0.4 is 0 Å². The van der Waals surface area contributed by atoms with E-state index in [9.17, 15) is 14.0 Å². The Bertz CT molecular complexity index is 829. The van der Waals surface area contributed by atoms with E-state index in [0.717, 1.165) is 30.8 Å². The minimum atomic E-state index is -0.703. The van der Waals surface area contributed by atoms with Crippen molar-refractivity contribution >= 4 is 23.3 Å². The highest BCUT2D eigenvalue weighted by atomic mass is 32.1. The van der Waals surface area contributed by atoms with E-state index in [4.69, 9.17) is 9.47 Å².